The summed E-state index contributed by atoms with van der Waals surface area (Å²) in [5.74, 6) is 0.220. The van der Waals surface area contributed by atoms with E-state index >= 15 is 0 Å². The number of carbonyl (C=O) groups is 2. The summed E-state index contributed by atoms with van der Waals surface area (Å²) in [7, 11) is 0. The Bertz CT molecular complexity index is 1210. The van der Waals surface area contributed by atoms with Crippen LogP contribution < -0.4 is 10.6 Å². The zero-order valence-corrected chi connectivity index (χ0v) is 23.3. The zero-order valence-electron chi connectivity index (χ0n) is 22.5. The fourth-order valence-corrected chi connectivity index (χ4v) is 6.54. The van der Waals surface area contributed by atoms with Gasteiger partial charge in [-0.15, -0.1) is 11.3 Å². The van der Waals surface area contributed by atoms with Gasteiger partial charge in [-0.25, -0.2) is 9.78 Å². The number of piperidine rings is 1. The van der Waals surface area contributed by atoms with Gasteiger partial charge in [0.15, 0.2) is 0 Å². The number of thiazole rings is 1. The van der Waals surface area contributed by atoms with Crippen LogP contribution in [0.4, 0.5) is 4.79 Å². The summed E-state index contributed by atoms with van der Waals surface area (Å²) in [4.78, 5) is 32.3. The van der Waals surface area contributed by atoms with Crippen LogP contribution in [0.5, 0.6) is 0 Å². The van der Waals surface area contributed by atoms with E-state index in [-0.39, 0.29) is 23.8 Å². The molecule has 0 atom stereocenters. The van der Waals surface area contributed by atoms with Crippen molar-refractivity contribution in [1.82, 2.24) is 20.5 Å². The highest BCUT2D eigenvalue weighted by Crippen LogP contribution is 2.31. The van der Waals surface area contributed by atoms with Gasteiger partial charge in [0, 0.05) is 43.4 Å². The Kier molecular flexibility index (Phi) is 9.43. The number of aromatic nitrogens is 1. The molecule has 0 saturated carbocycles. The molecular formula is C32H38N4O2S. The zero-order chi connectivity index (χ0) is 26.9. The maximum Gasteiger partial charge on any atom is 0.317 e. The summed E-state index contributed by atoms with van der Waals surface area (Å²) in [6.07, 6.45) is 9.97. The van der Waals surface area contributed by atoms with Crippen LogP contribution in [0.1, 0.15) is 83.4 Å². The average Bonchev–Trinajstić information content (AvgIpc) is 3.50. The largest absolute Gasteiger partial charge is 0.350 e. The van der Waals surface area contributed by atoms with Gasteiger partial charge in [0.1, 0.15) is 5.69 Å². The molecule has 6 nitrogen and oxygen atoms in total. The van der Waals surface area contributed by atoms with E-state index < -0.39 is 0 Å². The molecule has 1 fully saturated rings. The lowest BCUT2D eigenvalue weighted by Gasteiger charge is -2.31. The second kappa shape index (κ2) is 13.6. The van der Waals surface area contributed by atoms with Crippen LogP contribution >= 0.6 is 11.3 Å². The monoisotopic (exact) mass is 542 g/mol. The van der Waals surface area contributed by atoms with Crippen LogP contribution in [-0.4, -0.2) is 48.0 Å². The van der Waals surface area contributed by atoms with E-state index in [1.165, 1.54) is 42.4 Å². The van der Waals surface area contributed by atoms with Crippen LogP contribution in [0.3, 0.4) is 0 Å². The Morgan fingerprint density at radius 2 is 1.64 bits per heavy atom. The SMILES string of the molecule is O=C(NCC(c1ccccc1)c1ccccc1)c1csc(C2CCN(C(=O)NCCC3=CCCCC3)CC2)n1. The third-order valence-electron chi connectivity index (χ3n) is 7.86. The van der Waals surface area contributed by atoms with Gasteiger partial charge < -0.3 is 15.5 Å². The number of allylic oxidation sites excluding steroid dienone is 1. The van der Waals surface area contributed by atoms with Gasteiger partial charge in [-0.1, -0.05) is 72.3 Å². The standard InChI is InChI=1S/C32H38N4O2S/c37-30(34-22-28(25-12-6-2-7-13-25)26-14-8-3-9-15-26)29-23-39-31(35-29)27-17-20-36(21-18-27)32(38)33-19-16-24-10-4-1-5-11-24/h2-3,6-10,12-15,23,27-28H,1,4-5,11,16-22H2,(H,33,38)(H,34,37). The minimum atomic E-state index is -0.140. The summed E-state index contributed by atoms with van der Waals surface area (Å²) >= 11 is 1.55. The van der Waals surface area contributed by atoms with Crippen molar-refractivity contribution in [2.45, 2.75) is 56.8 Å². The van der Waals surface area contributed by atoms with E-state index in [9.17, 15) is 9.59 Å². The molecule has 0 spiro atoms. The number of amides is 3. The summed E-state index contributed by atoms with van der Waals surface area (Å²) in [6, 6.07) is 20.6. The minimum Gasteiger partial charge on any atom is -0.350 e. The molecule has 2 N–H and O–H groups in total. The molecule has 0 radical (unpaired) electrons. The molecule has 1 saturated heterocycles. The van der Waals surface area contributed by atoms with E-state index in [2.05, 4.69) is 41.0 Å². The number of nitrogens with zero attached hydrogens (tertiary/aromatic N) is 2. The van der Waals surface area contributed by atoms with Crippen LogP contribution in [0.25, 0.3) is 0 Å². The summed E-state index contributed by atoms with van der Waals surface area (Å²) in [5, 5.41) is 9.08. The first kappa shape index (κ1) is 27.1. The Labute approximate surface area is 235 Å². The van der Waals surface area contributed by atoms with Crippen LogP contribution in [0.15, 0.2) is 77.7 Å². The molecule has 1 aromatic heterocycles. The smallest absolute Gasteiger partial charge is 0.317 e. The highest BCUT2D eigenvalue weighted by atomic mass is 32.1. The molecule has 2 heterocycles. The predicted molar refractivity (Wildman–Crippen MR) is 157 cm³/mol. The predicted octanol–water partition coefficient (Wildman–Crippen LogP) is 6.48. The molecule has 1 aliphatic heterocycles. The fourth-order valence-electron chi connectivity index (χ4n) is 5.57. The van der Waals surface area contributed by atoms with Gasteiger partial charge >= 0.3 is 6.03 Å². The van der Waals surface area contributed by atoms with E-state index in [0.29, 0.717) is 18.8 Å². The second-order valence-electron chi connectivity index (χ2n) is 10.5. The maximum atomic E-state index is 13.0. The number of carbonyl (C=O) groups excluding carboxylic acids is 2. The third-order valence-corrected chi connectivity index (χ3v) is 8.87. The van der Waals surface area contributed by atoms with Gasteiger partial charge in [0.25, 0.3) is 5.91 Å². The van der Waals surface area contributed by atoms with Crippen LogP contribution in [-0.2, 0) is 0 Å². The lowest BCUT2D eigenvalue weighted by atomic mass is 9.91. The van der Waals surface area contributed by atoms with Gasteiger partial charge in [-0.3, -0.25) is 4.79 Å². The first-order valence-electron chi connectivity index (χ1n) is 14.2. The number of hydrogen-bond donors (Lipinski definition) is 2. The molecule has 7 heteroatoms. The minimum absolute atomic E-state index is 0.0375. The average molecular weight is 543 g/mol. The Morgan fingerprint density at radius 1 is 0.949 bits per heavy atom. The van der Waals surface area contributed by atoms with Crippen molar-refractivity contribution < 1.29 is 9.59 Å². The van der Waals surface area contributed by atoms with Gasteiger partial charge in [-0.2, -0.15) is 0 Å². The van der Waals surface area contributed by atoms with Crippen molar-refractivity contribution in [1.29, 1.82) is 0 Å². The summed E-state index contributed by atoms with van der Waals surface area (Å²) in [6.45, 7) is 2.65. The first-order chi connectivity index (χ1) is 19.2. The maximum absolute atomic E-state index is 13.0. The van der Waals surface area contributed by atoms with Crippen LogP contribution in [0, 0.1) is 0 Å². The van der Waals surface area contributed by atoms with Crippen LogP contribution in [0.2, 0.25) is 0 Å². The number of rotatable bonds is 9. The van der Waals surface area contributed by atoms with E-state index in [1.807, 2.05) is 46.7 Å². The number of nitrogens with one attached hydrogen (secondary N) is 2. The highest BCUT2D eigenvalue weighted by molar-refractivity contribution is 7.09. The normalized spacial score (nSPS) is 16.1. The quantitative estimate of drug-likeness (QED) is 0.304. The van der Waals surface area contributed by atoms with Crippen molar-refractivity contribution in [3.63, 3.8) is 0 Å². The molecule has 3 amide bonds. The lowest BCUT2D eigenvalue weighted by molar-refractivity contribution is 0.0948. The van der Waals surface area contributed by atoms with Gasteiger partial charge in [0.2, 0.25) is 0 Å². The Balaban J connectivity index is 1.10. The van der Waals surface area contributed by atoms with Crippen molar-refractivity contribution >= 4 is 23.3 Å². The molecule has 2 aromatic carbocycles. The molecule has 2 aliphatic rings. The van der Waals surface area contributed by atoms with Gasteiger partial charge in [-0.05, 0) is 56.1 Å². The van der Waals surface area contributed by atoms with Crippen molar-refractivity contribution in [2.24, 2.45) is 0 Å². The lowest BCUT2D eigenvalue weighted by Crippen LogP contribution is -2.44. The molecule has 5 rings (SSSR count). The molecule has 0 bridgehead atoms. The summed E-state index contributed by atoms with van der Waals surface area (Å²) in [5.41, 5.74) is 4.31. The Hall–Kier alpha value is -3.45. The Morgan fingerprint density at radius 3 is 2.28 bits per heavy atom. The number of hydrogen-bond acceptors (Lipinski definition) is 4. The number of urea groups is 1. The first-order valence-corrected chi connectivity index (χ1v) is 15.1. The van der Waals surface area contributed by atoms with E-state index in [0.717, 1.165) is 37.4 Å². The molecule has 204 valence electrons. The van der Waals surface area contributed by atoms with E-state index in [1.54, 1.807) is 11.3 Å². The number of likely N-dealkylation sites (tertiary alicyclic amines) is 1. The molecule has 0 unspecified atom stereocenters. The fraction of sp³-hybridized carbons (Fsp3) is 0.406. The van der Waals surface area contributed by atoms with Crippen molar-refractivity contribution in [3.05, 3.63) is 99.5 Å². The topological polar surface area (TPSA) is 74.3 Å². The van der Waals surface area contributed by atoms with Crippen molar-refractivity contribution in [3.8, 4) is 0 Å². The third kappa shape index (κ3) is 7.35. The second-order valence-corrected chi connectivity index (χ2v) is 11.4. The van der Waals surface area contributed by atoms with Crippen molar-refractivity contribution in [2.75, 3.05) is 26.2 Å². The highest BCUT2D eigenvalue weighted by Gasteiger charge is 2.26. The van der Waals surface area contributed by atoms with Gasteiger partial charge in [0.05, 0.1) is 5.01 Å². The summed E-state index contributed by atoms with van der Waals surface area (Å²) < 4.78 is 0. The molecule has 39 heavy (non-hydrogen) atoms. The molecule has 1 aliphatic carbocycles. The van der Waals surface area contributed by atoms with E-state index in [4.69, 9.17) is 4.98 Å². The number of benzene rings is 2. The molecular weight excluding hydrogens is 504 g/mol. The molecule has 3 aromatic rings.